The molecule has 3 rings (SSSR count). The molecular weight excluding hydrogens is 265 g/mol. The normalized spacial score (nSPS) is 21.6. The third kappa shape index (κ3) is 2.97. The Morgan fingerprint density at radius 2 is 1.81 bits per heavy atom. The fourth-order valence-electron chi connectivity index (χ4n) is 2.78. The molecule has 1 aliphatic rings. The van der Waals surface area contributed by atoms with Crippen LogP contribution in [0.1, 0.15) is 36.4 Å². The molecule has 3 unspecified atom stereocenters. The Labute approximate surface area is 124 Å². The van der Waals surface area contributed by atoms with E-state index in [1.54, 1.807) is 18.2 Å². The Morgan fingerprint density at radius 3 is 2.52 bits per heavy atom. The molecule has 21 heavy (non-hydrogen) atoms. The molecule has 1 saturated carbocycles. The maximum atomic E-state index is 13.7. The summed E-state index contributed by atoms with van der Waals surface area (Å²) < 4.78 is 13.7. The maximum Gasteiger partial charge on any atom is 0.224 e. The first-order valence-corrected chi connectivity index (χ1v) is 7.26. The van der Waals surface area contributed by atoms with Crippen molar-refractivity contribution >= 4 is 5.91 Å². The Balaban J connectivity index is 1.62. The third-order valence-electron chi connectivity index (χ3n) is 4.09. The van der Waals surface area contributed by atoms with Crippen LogP contribution in [-0.2, 0) is 4.79 Å². The van der Waals surface area contributed by atoms with Crippen molar-refractivity contribution in [3.05, 3.63) is 71.5 Å². The van der Waals surface area contributed by atoms with E-state index in [1.807, 2.05) is 25.1 Å². The van der Waals surface area contributed by atoms with Crippen molar-refractivity contribution in [2.24, 2.45) is 5.92 Å². The molecule has 0 radical (unpaired) electrons. The van der Waals surface area contributed by atoms with Crippen molar-refractivity contribution in [1.82, 2.24) is 5.32 Å². The Hall–Kier alpha value is -2.16. The van der Waals surface area contributed by atoms with Crippen LogP contribution < -0.4 is 5.32 Å². The fraction of sp³-hybridized carbons (Fsp3) is 0.278. The van der Waals surface area contributed by atoms with Crippen LogP contribution in [0.15, 0.2) is 54.6 Å². The molecule has 1 amide bonds. The van der Waals surface area contributed by atoms with Crippen LogP contribution >= 0.6 is 0 Å². The number of halogens is 1. The summed E-state index contributed by atoms with van der Waals surface area (Å²) >= 11 is 0. The first-order chi connectivity index (χ1) is 10.2. The summed E-state index contributed by atoms with van der Waals surface area (Å²) in [7, 11) is 0. The lowest BCUT2D eigenvalue weighted by Gasteiger charge is -2.15. The first-order valence-electron chi connectivity index (χ1n) is 7.26. The van der Waals surface area contributed by atoms with Crippen molar-refractivity contribution in [3.8, 4) is 0 Å². The molecule has 108 valence electrons. The van der Waals surface area contributed by atoms with Crippen molar-refractivity contribution in [3.63, 3.8) is 0 Å². The van der Waals surface area contributed by atoms with E-state index in [0.29, 0.717) is 11.5 Å². The molecule has 0 saturated heterocycles. The highest BCUT2D eigenvalue weighted by Gasteiger charge is 2.44. The van der Waals surface area contributed by atoms with Gasteiger partial charge in [-0.15, -0.1) is 0 Å². The van der Waals surface area contributed by atoms with Crippen LogP contribution in [0.25, 0.3) is 0 Å². The molecule has 2 aromatic carbocycles. The van der Waals surface area contributed by atoms with Gasteiger partial charge in [0.25, 0.3) is 0 Å². The Bertz CT molecular complexity index is 641. The number of benzene rings is 2. The van der Waals surface area contributed by atoms with E-state index < -0.39 is 0 Å². The van der Waals surface area contributed by atoms with Crippen LogP contribution in [0.4, 0.5) is 4.39 Å². The van der Waals surface area contributed by atoms with E-state index in [9.17, 15) is 9.18 Å². The predicted molar refractivity (Wildman–Crippen MR) is 80.2 cm³/mol. The topological polar surface area (TPSA) is 29.1 Å². The Kier molecular flexibility index (Phi) is 3.74. The van der Waals surface area contributed by atoms with Crippen LogP contribution in [0.5, 0.6) is 0 Å². The number of carbonyl (C=O) groups is 1. The summed E-state index contributed by atoms with van der Waals surface area (Å²) in [5, 5.41) is 2.92. The third-order valence-corrected chi connectivity index (χ3v) is 4.09. The van der Waals surface area contributed by atoms with Gasteiger partial charge in [-0.2, -0.15) is 0 Å². The van der Waals surface area contributed by atoms with Crippen molar-refractivity contribution in [2.45, 2.75) is 25.3 Å². The average molecular weight is 283 g/mol. The number of rotatable bonds is 4. The van der Waals surface area contributed by atoms with Gasteiger partial charge in [-0.3, -0.25) is 4.79 Å². The number of carbonyl (C=O) groups excluding carboxylic acids is 1. The van der Waals surface area contributed by atoms with Gasteiger partial charge < -0.3 is 5.32 Å². The molecule has 0 spiro atoms. The molecule has 3 heteroatoms. The standard InChI is InChI=1S/C18H18FNO/c1-12(14-9-5-6-10-17(14)19)20-18(21)16-11-15(16)13-7-3-2-4-8-13/h2-10,12,15-16H,11H2,1H3,(H,20,21). The molecule has 3 atom stereocenters. The lowest BCUT2D eigenvalue weighted by Crippen LogP contribution is -2.28. The minimum Gasteiger partial charge on any atom is -0.349 e. The van der Waals surface area contributed by atoms with E-state index in [1.165, 1.54) is 11.6 Å². The van der Waals surface area contributed by atoms with E-state index in [4.69, 9.17) is 0 Å². The monoisotopic (exact) mass is 283 g/mol. The molecule has 2 aromatic rings. The van der Waals surface area contributed by atoms with Gasteiger partial charge in [0.05, 0.1) is 6.04 Å². The van der Waals surface area contributed by atoms with Gasteiger partial charge in [0.2, 0.25) is 5.91 Å². The first kappa shape index (κ1) is 13.8. The minimum absolute atomic E-state index is 0.0135. The van der Waals surface area contributed by atoms with E-state index in [2.05, 4.69) is 17.4 Å². The molecule has 1 aliphatic carbocycles. The van der Waals surface area contributed by atoms with E-state index in [0.717, 1.165) is 6.42 Å². The average Bonchev–Trinajstić information content (AvgIpc) is 3.29. The molecule has 0 aromatic heterocycles. The van der Waals surface area contributed by atoms with Gasteiger partial charge >= 0.3 is 0 Å². The van der Waals surface area contributed by atoms with Crippen LogP contribution in [0, 0.1) is 11.7 Å². The number of nitrogens with one attached hydrogen (secondary N) is 1. The minimum atomic E-state index is -0.310. The molecule has 1 fully saturated rings. The molecule has 0 aliphatic heterocycles. The summed E-state index contributed by atoms with van der Waals surface area (Å²) in [6.07, 6.45) is 0.875. The second-order valence-electron chi connectivity index (χ2n) is 5.61. The van der Waals surface area contributed by atoms with E-state index >= 15 is 0 Å². The second-order valence-corrected chi connectivity index (χ2v) is 5.61. The summed E-state index contributed by atoms with van der Waals surface area (Å²) in [6, 6.07) is 16.3. The lowest BCUT2D eigenvalue weighted by molar-refractivity contribution is -0.123. The van der Waals surface area contributed by atoms with E-state index in [-0.39, 0.29) is 23.7 Å². The summed E-state index contributed by atoms with van der Waals surface area (Å²) in [5.41, 5.74) is 1.74. The van der Waals surface area contributed by atoms with Gasteiger partial charge in [-0.25, -0.2) is 4.39 Å². The van der Waals surface area contributed by atoms with Gasteiger partial charge in [-0.05, 0) is 30.9 Å². The number of amides is 1. The number of hydrogen-bond acceptors (Lipinski definition) is 1. The predicted octanol–water partition coefficient (Wildman–Crippen LogP) is 3.81. The molecular formula is C18H18FNO. The zero-order valence-electron chi connectivity index (χ0n) is 11.9. The highest BCUT2D eigenvalue weighted by atomic mass is 19.1. The van der Waals surface area contributed by atoms with Crippen LogP contribution in [0.3, 0.4) is 0 Å². The van der Waals surface area contributed by atoms with Crippen LogP contribution in [-0.4, -0.2) is 5.91 Å². The zero-order valence-corrected chi connectivity index (χ0v) is 11.9. The largest absolute Gasteiger partial charge is 0.349 e. The summed E-state index contributed by atoms with van der Waals surface area (Å²) in [5.74, 6) is 0.0564. The van der Waals surface area contributed by atoms with Crippen LogP contribution in [0.2, 0.25) is 0 Å². The van der Waals surface area contributed by atoms with Gasteiger partial charge in [0.1, 0.15) is 5.82 Å². The van der Waals surface area contributed by atoms with Gasteiger partial charge in [0.15, 0.2) is 0 Å². The van der Waals surface area contributed by atoms with Crippen molar-refractivity contribution in [1.29, 1.82) is 0 Å². The summed E-state index contributed by atoms with van der Waals surface area (Å²) in [6.45, 7) is 1.82. The molecule has 1 N–H and O–H groups in total. The number of hydrogen-bond donors (Lipinski definition) is 1. The maximum absolute atomic E-state index is 13.7. The summed E-state index contributed by atoms with van der Waals surface area (Å²) in [4.78, 5) is 12.3. The smallest absolute Gasteiger partial charge is 0.224 e. The quantitative estimate of drug-likeness (QED) is 0.908. The SMILES string of the molecule is CC(NC(=O)C1CC1c1ccccc1)c1ccccc1F. The second kappa shape index (κ2) is 5.68. The molecule has 0 bridgehead atoms. The fourth-order valence-corrected chi connectivity index (χ4v) is 2.78. The zero-order chi connectivity index (χ0) is 14.8. The molecule has 0 heterocycles. The van der Waals surface area contributed by atoms with Crippen molar-refractivity contribution in [2.75, 3.05) is 0 Å². The Morgan fingerprint density at radius 1 is 1.14 bits per heavy atom. The molecule has 2 nitrogen and oxygen atoms in total. The highest BCUT2D eigenvalue weighted by molar-refractivity contribution is 5.83. The van der Waals surface area contributed by atoms with Crippen molar-refractivity contribution < 1.29 is 9.18 Å². The van der Waals surface area contributed by atoms with Gasteiger partial charge in [-0.1, -0.05) is 48.5 Å². The highest BCUT2D eigenvalue weighted by Crippen LogP contribution is 2.47. The van der Waals surface area contributed by atoms with Gasteiger partial charge in [0, 0.05) is 11.5 Å². The lowest BCUT2D eigenvalue weighted by atomic mass is 10.1.